The maximum absolute atomic E-state index is 13.6. The fourth-order valence-electron chi connectivity index (χ4n) is 2.96. The van der Waals surface area contributed by atoms with Crippen molar-refractivity contribution < 1.29 is 26.7 Å². The lowest BCUT2D eigenvalue weighted by atomic mass is 9.79. The highest BCUT2D eigenvalue weighted by Crippen LogP contribution is 2.44. The van der Waals surface area contributed by atoms with E-state index in [9.17, 15) is 26.7 Å². The summed E-state index contributed by atoms with van der Waals surface area (Å²) in [5.41, 5.74) is 1.30. The second-order valence-corrected chi connectivity index (χ2v) is 6.41. The zero-order valence-electron chi connectivity index (χ0n) is 14.3. The average Bonchev–Trinajstić information content (AvgIpc) is 2.83. The summed E-state index contributed by atoms with van der Waals surface area (Å²) >= 11 is 0. The zero-order chi connectivity index (χ0) is 19.8. The summed E-state index contributed by atoms with van der Waals surface area (Å²) in [5, 5.41) is 8.42. The van der Waals surface area contributed by atoms with Gasteiger partial charge < -0.3 is 5.32 Å². The first kappa shape index (κ1) is 19.1. The average molecular weight is 388 g/mol. The van der Waals surface area contributed by atoms with Gasteiger partial charge in [0.1, 0.15) is 12.4 Å². The molecule has 1 fully saturated rings. The van der Waals surface area contributed by atoms with Crippen LogP contribution in [0.2, 0.25) is 0 Å². The molecule has 1 aromatic heterocycles. The van der Waals surface area contributed by atoms with E-state index >= 15 is 0 Å². The van der Waals surface area contributed by atoms with Crippen molar-refractivity contribution in [3.05, 3.63) is 35.4 Å². The molecule has 0 aliphatic heterocycles. The van der Waals surface area contributed by atoms with Crippen LogP contribution in [-0.2, 0) is 7.05 Å². The van der Waals surface area contributed by atoms with E-state index in [1.54, 1.807) is 5.32 Å². The van der Waals surface area contributed by atoms with Gasteiger partial charge in [0.25, 0.3) is 0 Å². The van der Waals surface area contributed by atoms with E-state index in [1.807, 2.05) is 0 Å². The number of carbonyl (C=O) groups excluding carboxylic acids is 1. The zero-order valence-corrected chi connectivity index (χ0v) is 14.3. The molecule has 1 aromatic carbocycles. The predicted molar refractivity (Wildman–Crippen MR) is 88.2 cm³/mol. The minimum absolute atomic E-state index is 0.0275. The first-order valence-corrected chi connectivity index (χ1v) is 8.29. The summed E-state index contributed by atoms with van der Waals surface area (Å²) in [5.74, 6) is -1.77. The molecule has 0 bridgehead atoms. The summed E-state index contributed by atoms with van der Waals surface area (Å²) in [7, 11) is 1.52. The number of rotatable bonds is 4. The van der Waals surface area contributed by atoms with Gasteiger partial charge in [-0.3, -0.25) is 10.00 Å². The van der Waals surface area contributed by atoms with E-state index in [0.29, 0.717) is 16.8 Å². The Morgan fingerprint density at radius 2 is 1.96 bits per heavy atom. The molecule has 5 nitrogen and oxygen atoms in total. The van der Waals surface area contributed by atoms with Gasteiger partial charge in [-0.15, -0.1) is 0 Å². The Morgan fingerprint density at radius 3 is 2.52 bits per heavy atom. The molecule has 0 unspecified atom stereocenters. The molecule has 2 N–H and O–H groups in total. The first-order chi connectivity index (χ1) is 12.7. The van der Waals surface area contributed by atoms with Crippen LogP contribution in [0.3, 0.4) is 0 Å². The standard InChI is InChI=1S/C17H17F5N4O/c1-26-15(24-16(27)23-8-17(20,21)22)13(9-3-2-4-9)14(25-26)10-5-6-11(18)12(19)7-10/h5-7,9H,2-4,8H2,1H3,(H2,23,24,27). The highest BCUT2D eigenvalue weighted by Gasteiger charge is 2.31. The Labute approximate surface area is 151 Å². The van der Waals surface area contributed by atoms with Crippen LogP contribution in [0, 0.1) is 11.6 Å². The van der Waals surface area contributed by atoms with Crippen LogP contribution in [0.5, 0.6) is 0 Å². The lowest BCUT2D eigenvalue weighted by molar-refractivity contribution is -0.122. The smallest absolute Gasteiger partial charge is 0.329 e. The molecule has 2 amide bonds. The molecule has 0 spiro atoms. The van der Waals surface area contributed by atoms with Gasteiger partial charge >= 0.3 is 12.2 Å². The number of carbonyl (C=O) groups is 1. The molecule has 3 rings (SSSR count). The second-order valence-electron chi connectivity index (χ2n) is 6.41. The summed E-state index contributed by atoms with van der Waals surface area (Å²) in [6.45, 7) is -1.47. The summed E-state index contributed by atoms with van der Waals surface area (Å²) in [4.78, 5) is 11.9. The minimum atomic E-state index is -4.53. The van der Waals surface area contributed by atoms with Gasteiger partial charge in [-0.05, 0) is 37.0 Å². The van der Waals surface area contributed by atoms with Crippen LogP contribution in [0.15, 0.2) is 18.2 Å². The van der Waals surface area contributed by atoms with E-state index in [1.165, 1.54) is 17.8 Å². The van der Waals surface area contributed by atoms with Gasteiger partial charge in [-0.25, -0.2) is 13.6 Å². The van der Waals surface area contributed by atoms with E-state index < -0.39 is 30.4 Å². The van der Waals surface area contributed by atoms with Crippen LogP contribution in [0.1, 0.15) is 30.7 Å². The van der Waals surface area contributed by atoms with Crippen LogP contribution in [-0.4, -0.2) is 28.5 Å². The van der Waals surface area contributed by atoms with Crippen molar-refractivity contribution >= 4 is 11.8 Å². The Balaban J connectivity index is 1.93. The number of hydrogen-bond acceptors (Lipinski definition) is 2. The molecule has 0 radical (unpaired) electrons. The van der Waals surface area contributed by atoms with Crippen LogP contribution in [0.25, 0.3) is 11.3 Å². The highest BCUT2D eigenvalue weighted by atomic mass is 19.4. The highest BCUT2D eigenvalue weighted by molar-refractivity contribution is 5.90. The SMILES string of the molecule is Cn1nc(-c2ccc(F)c(F)c2)c(C2CCC2)c1NC(=O)NCC(F)(F)F. The quantitative estimate of drug-likeness (QED) is 0.767. The van der Waals surface area contributed by atoms with E-state index in [-0.39, 0.29) is 11.7 Å². The van der Waals surface area contributed by atoms with Gasteiger partial charge in [0.15, 0.2) is 11.6 Å². The van der Waals surface area contributed by atoms with Crippen molar-refractivity contribution in [2.24, 2.45) is 7.05 Å². The molecule has 0 atom stereocenters. The number of urea groups is 1. The van der Waals surface area contributed by atoms with E-state index in [0.717, 1.165) is 31.4 Å². The lowest BCUT2D eigenvalue weighted by Crippen LogP contribution is -2.37. The summed E-state index contributed by atoms with van der Waals surface area (Å²) in [6, 6.07) is 2.34. The maximum Gasteiger partial charge on any atom is 0.405 e. The third-order valence-electron chi connectivity index (χ3n) is 4.47. The Kier molecular flexibility index (Phi) is 5.07. The Bertz CT molecular complexity index is 858. The molecule has 146 valence electrons. The molecular weight excluding hydrogens is 371 g/mol. The molecule has 1 aliphatic rings. The van der Waals surface area contributed by atoms with Crippen molar-refractivity contribution in [2.75, 3.05) is 11.9 Å². The number of amides is 2. The number of alkyl halides is 3. The van der Waals surface area contributed by atoms with Crippen LogP contribution < -0.4 is 10.6 Å². The molecule has 1 aliphatic carbocycles. The topological polar surface area (TPSA) is 59.0 Å². The minimum Gasteiger partial charge on any atom is -0.329 e. The molecular formula is C17H17F5N4O. The predicted octanol–water partition coefficient (Wildman–Crippen LogP) is 4.32. The Morgan fingerprint density at radius 1 is 1.26 bits per heavy atom. The maximum atomic E-state index is 13.6. The van der Waals surface area contributed by atoms with Crippen molar-refractivity contribution in [2.45, 2.75) is 31.4 Å². The number of benzene rings is 1. The summed E-state index contributed by atoms with van der Waals surface area (Å²) < 4.78 is 65.0. The number of aryl methyl sites for hydroxylation is 1. The van der Waals surface area contributed by atoms with Crippen molar-refractivity contribution in [3.63, 3.8) is 0 Å². The largest absolute Gasteiger partial charge is 0.405 e. The molecule has 2 aromatic rings. The fourth-order valence-corrected chi connectivity index (χ4v) is 2.96. The normalized spacial score (nSPS) is 14.7. The third-order valence-corrected chi connectivity index (χ3v) is 4.47. The Hall–Kier alpha value is -2.65. The fraction of sp³-hybridized carbons (Fsp3) is 0.412. The number of halogens is 5. The van der Waals surface area contributed by atoms with Gasteiger partial charge in [0.05, 0.1) is 5.69 Å². The second kappa shape index (κ2) is 7.16. The van der Waals surface area contributed by atoms with E-state index in [2.05, 4.69) is 10.4 Å². The molecule has 0 saturated heterocycles. The lowest BCUT2D eigenvalue weighted by Gasteiger charge is -2.27. The van der Waals surface area contributed by atoms with Crippen molar-refractivity contribution in [1.29, 1.82) is 0 Å². The molecule has 1 saturated carbocycles. The van der Waals surface area contributed by atoms with Crippen molar-refractivity contribution in [1.82, 2.24) is 15.1 Å². The molecule has 1 heterocycles. The van der Waals surface area contributed by atoms with Gasteiger partial charge in [0, 0.05) is 18.2 Å². The number of nitrogens with zero attached hydrogens (tertiary/aromatic N) is 2. The van der Waals surface area contributed by atoms with Crippen LogP contribution >= 0.6 is 0 Å². The number of nitrogens with one attached hydrogen (secondary N) is 2. The molecule has 10 heteroatoms. The molecule has 27 heavy (non-hydrogen) atoms. The summed E-state index contributed by atoms with van der Waals surface area (Å²) in [6.07, 6.45) is -1.96. The van der Waals surface area contributed by atoms with Gasteiger partial charge in [-0.2, -0.15) is 18.3 Å². The monoisotopic (exact) mass is 388 g/mol. The number of anilines is 1. The third kappa shape index (κ3) is 4.20. The van der Waals surface area contributed by atoms with Crippen molar-refractivity contribution in [3.8, 4) is 11.3 Å². The van der Waals surface area contributed by atoms with Gasteiger partial charge in [-0.1, -0.05) is 6.42 Å². The number of hydrogen-bond donors (Lipinski definition) is 2. The van der Waals surface area contributed by atoms with Gasteiger partial charge in [0.2, 0.25) is 0 Å². The first-order valence-electron chi connectivity index (χ1n) is 8.29. The number of aromatic nitrogens is 2. The van der Waals surface area contributed by atoms with E-state index in [4.69, 9.17) is 0 Å². The van der Waals surface area contributed by atoms with Crippen LogP contribution in [0.4, 0.5) is 32.6 Å².